The molecule has 7 nitrogen and oxygen atoms in total. The average Bonchev–Trinajstić information content (AvgIpc) is 2.70. The maximum absolute atomic E-state index is 6.37. The van der Waals surface area contributed by atoms with Crippen LogP contribution in [-0.2, 0) is 0 Å². The molecule has 3 heterocycles. The van der Waals surface area contributed by atoms with E-state index in [1.165, 1.54) is 6.33 Å². The number of anilines is 3. The van der Waals surface area contributed by atoms with Crippen molar-refractivity contribution in [3.8, 4) is 11.6 Å². The van der Waals surface area contributed by atoms with Crippen LogP contribution < -0.4 is 20.3 Å². The van der Waals surface area contributed by atoms with Gasteiger partial charge in [-0.2, -0.15) is 4.98 Å². The van der Waals surface area contributed by atoms with Gasteiger partial charge in [0.1, 0.15) is 23.6 Å². The molecule has 0 saturated carbocycles. The molecule has 0 amide bonds. The van der Waals surface area contributed by atoms with Gasteiger partial charge in [0.2, 0.25) is 5.88 Å². The first-order valence-electron chi connectivity index (χ1n) is 9.38. The number of aromatic nitrogens is 3. The number of benzene rings is 1. The molecule has 0 atom stereocenters. The van der Waals surface area contributed by atoms with Gasteiger partial charge in [0.15, 0.2) is 5.82 Å². The summed E-state index contributed by atoms with van der Waals surface area (Å²) in [5.74, 6) is 2.84. The van der Waals surface area contributed by atoms with Gasteiger partial charge < -0.3 is 20.3 Å². The highest BCUT2D eigenvalue weighted by Crippen LogP contribution is 2.32. The van der Waals surface area contributed by atoms with Crippen LogP contribution in [0.15, 0.2) is 48.9 Å². The maximum Gasteiger partial charge on any atom is 0.248 e. The molecule has 0 radical (unpaired) electrons. The number of hydrogen-bond donors (Lipinski definition) is 1. The van der Waals surface area contributed by atoms with Gasteiger partial charge in [-0.25, -0.2) is 9.97 Å². The Bertz CT molecular complexity index is 934. The quantitative estimate of drug-likeness (QED) is 0.749. The fourth-order valence-electron chi connectivity index (χ4n) is 3.50. The minimum Gasteiger partial charge on any atom is -0.437 e. The predicted molar refractivity (Wildman–Crippen MR) is 111 cm³/mol. The van der Waals surface area contributed by atoms with Crippen LogP contribution in [0.1, 0.15) is 11.1 Å². The Morgan fingerprint density at radius 1 is 0.893 bits per heavy atom. The van der Waals surface area contributed by atoms with Crippen LogP contribution in [0.5, 0.6) is 11.6 Å². The summed E-state index contributed by atoms with van der Waals surface area (Å²) >= 11 is 0. The molecule has 1 fully saturated rings. The Balaban J connectivity index is 1.49. The molecule has 1 aromatic carbocycles. The second kappa shape index (κ2) is 7.72. The topological polar surface area (TPSA) is 80.4 Å². The Morgan fingerprint density at radius 2 is 1.61 bits per heavy atom. The van der Waals surface area contributed by atoms with Gasteiger partial charge in [0.05, 0.1) is 0 Å². The third kappa shape index (κ3) is 3.83. The Kier molecular flexibility index (Phi) is 4.97. The molecule has 7 heteroatoms. The average molecular weight is 376 g/mol. The van der Waals surface area contributed by atoms with E-state index in [1.807, 2.05) is 50.4 Å². The molecular weight excluding hydrogens is 352 g/mol. The number of nitrogens with zero attached hydrogens (tertiary/aromatic N) is 5. The minimum atomic E-state index is 0.391. The zero-order valence-corrected chi connectivity index (χ0v) is 16.2. The molecule has 28 heavy (non-hydrogen) atoms. The molecule has 0 unspecified atom stereocenters. The van der Waals surface area contributed by atoms with Crippen molar-refractivity contribution in [1.82, 2.24) is 15.0 Å². The fourth-order valence-corrected chi connectivity index (χ4v) is 3.50. The lowest BCUT2D eigenvalue weighted by Gasteiger charge is -2.36. The molecule has 144 valence electrons. The predicted octanol–water partition coefficient (Wildman–Crippen LogP) is 3.19. The third-order valence-electron chi connectivity index (χ3n) is 4.79. The highest BCUT2D eigenvalue weighted by Gasteiger charge is 2.22. The summed E-state index contributed by atoms with van der Waals surface area (Å²) in [6.45, 7) is 7.40. The molecule has 2 N–H and O–H groups in total. The lowest BCUT2D eigenvalue weighted by atomic mass is 10.1. The highest BCUT2D eigenvalue weighted by atomic mass is 16.5. The van der Waals surface area contributed by atoms with Crippen molar-refractivity contribution in [2.45, 2.75) is 13.8 Å². The molecule has 1 aliphatic rings. The first-order chi connectivity index (χ1) is 13.6. The third-order valence-corrected chi connectivity index (χ3v) is 4.79. The Labute approximate surface area is 164 Å². The fraction of sp³-hybridized carbons (Fsp3) is 0.286. The van der Waals surface area contributed by atoms with Crippen molar-refractivity contribution in [3.05, 3.63) is 60.0 Å². The van der Waals surface area contributed by atoms with Gasteiger partial charge in [-0.15, -0.1) is 0 Å². The van der Waals surface area contributed by atoms with Crippen LogP contribution in [0, 0.1) is 13.8 Å². The normalized spacial score (nSPS) is 14.2. The summed E-state index contributed by atoms with van der Waals surface area (Å²) in [6.07, 6.45) is 3.33. The molecule has 1 aliphatic heterocycles. The van der Waals surface area contributed by atoms with Crippen LogP contribution in [-0.4, -0.2) is 41.1 Å². The van der Waals surface area contributed by atoms with Crippen molar-refractivity contribution in [3.63, 3.8) is 0 Å². The number of hydrogen-bond acceptors (Lipinski definition) is 7. The number of ether oxygens (including phenoxy) is 1. The summed E-state index contributed by atoms with van der Waals surface area (Å²) in [6, 6.07) is 12.0. The second-order valence-electron chi connectivity index (χ2n) is 7.00. The first kappa shape index (κ1) is 18.0. The first-order valence-corrected chi connectivity index (χ1v) is 9.38. The van der Waals surface area contributed by atoms with Gasteiger partial charge in [0.25, 0.3) is 0 Å². The molecule has 4 rings (SSSR count). The standard InChI is InChI=1S/C21H24N6O/c1-15-11-16(2)13-17(12-15)28-21-19(22)20(24-14-25-21)27-9-7-26(8-10-27)18-5-3-4-6-23-18/h3-6,11-14H,7-10,22H2,1-2H3. The van der Waals surface area contributed by atoms with Gasteiger partial charge in [-0.05, 0) is 49.2 Å². The Morgan fingerprint density at radius 3 is 2.29 bits per heavy atom. The molecule has 0 spiro atoms. The van der Waals surface area contributed by atoms with Crippen LogP contribution in [0.2, 0.25) is 0 Å². The van der Waals surface area contributed by atoms with Gasteiger partial charge >= 0.3 is 0 Å². The zero-order chi connectivity index (χ0) is 19.5. The molecule has 0 bridgehead atoms. The molecule has 2 aromatic heterocycles. The van der Waals surface area contributed by atoms with E-state index in [0.29, 0.717) is 11.6 Å². The molecule has 3 aromatic rings. The zero-order valence-electron chi connectivity index (χ0n) is 16.2. The molecule has 1 saturated heterocycles. The Hall–Kier alpha value is -3.35. The summed E-state index contributed by atoms with van der Waals surface area (Å²) in [7, 11) is 0. The monoisotopic (exact) mass is 376 g/mol. The van der Waals surface area contributed by atoms with E-state index in [-0.39, 0.29) is 0 Å². The van der Waals surface area contributed by atoms with Crippen LogP contribution in [0.4, 0.5) is 17.3 Å². The number of nitrogen functional groups attached to an aromatic ring is 1. The molecular formula is C21H24N6O. The summed E-state index contributed by atoms with van der Waals surface area (Å²) in [5.41, 5.74) is 9.10. The van der Waals surface area contributed by atoms with Crippen LogP contribution in [0.3, 0.4) is 0 Å². The lowest BCUT2D eigenvalue weighted by Crippen LogP contribution is -2.47. The molecule has 0 aliphatic carbocycles. The van der Waals surface area contributed by atoms with E-state index in [1.54, 1.807) is 0 Å². The summed E-state index contributed by atoms with van der Waals surface area (Å²) in [5, 5.41) is 0. The van der Waals surface area contributed by atoms with Gasteiger partial charge in [-0.3, -0.25) is 0 Å². The number of nitrogens with two attached hydrogens (primary N) is 1. The van der Waals surface area contributed by atoms with Crippen molar-refractivity contribution >= 4 is 17.3 Å². The van der Waals surface area contributed by atoms with Crippen molar-refractivity contribution in [1.29, 1.82) is 0 Å². The summed E-state index contributed by atoms with van der Waals surface area (Å²) in [4.78, 5) is 17.5. The van der Waals surface area contributed by atoms with Crippen LogP contribution >= 0.6 is 0 Å². The highest BCUT2D eigenvalue weighted by molar-refractivity contribution is 5.68. The van der Waals surface area contributed by atoms with E-state index >= 15 is 0 Å². The summed E-state index contributed by atoms with van der Waals surface area (Å²) < 4.78 is 5.97. The number of piperazine rings is 1. The SMILES string of the molecule is Cc1cc(C)cc(Oc2ncnc(N3CCN(c4ccccn4)CC3)c2N)c1. The number of pyridine rings is 1. The second-order valence-corrected chi connectivity index (χ2v) is 7.00. The van der Waals surface area contributed by atoms with Gasteiger partial charge in [0, 0.05) is 32.4 Å². The lowest BCUT2D eigenvalue weighted by molar-refractivity contribution is 0.463. The van der Waals surface area contributed by atoms with Crippen molar-refractivity contribution in [2.75, 3.05) is 41.7 Å². The van der Waals surface area contributed by atoms with E-state index in [4.69, 9.17) is 10.5 Å². The van der Waals surface area contributed by atoms with E-state index < -0.39 is 0 Å². The van der Waals surface area contributed by atoms with Crippen molar-refractivity contribution in [2.24, 2.45) is 0 Å². The van der Waals surface area contributed by atoms with Crippen LogP contribution in [0.25, 0.3) is 0 Å². The smallest absolute Gasteiger partial charge is 0.248 e. The largest absolute Gasteiger partial charge is 0.437 e. The maximum atomic E-state index is 6.37. The van der Waals surface area contributed by atoms with E-state index in [2.05, 4.69) is 30.8 Å². The van der Waals surface area contributed by atoms with Crippen molar-refractivity contribution < 1.29 is 4.74 Å². The number of aryl methyl sites for hydroxylation is 2. The van der Waals surface area contributed by atoms with E-state index in [0.717, 1.165) is 54.7 Å². The minimum absolute atomic E-state index is 0.391. The number of rotatable bonds is 4. The van der Waals surface area contributed by atoms with Gasteiger partial charge in [-0.1, -0.05) is 12.1 Å². The van der Waals surface area contributed by atoms with E-state index in [9.17, 15) is 0 Å².